The van der Waals surface area contributed by atoms with Gasteiger partial charge in [0.25, 0.3) is 0 Å². The molecule has 28 heavy (non-hydrogen) atoms. The highest BCUT2D eigenvalue weighted by molar-refractivity contribution is 7.98. The van der Waals surface area contributed by atoms with Crippen molar-refractivity contribution in [3.63, 3.8) is 0 Å². The molecular weight excluding hydrogens is 413 g/mol. The van der Waals surface area contributed by atoms with Gasteiger partial charge in [0, 0.05) is 22.8 Å². The summed E-state index contributed by atoms with van der Waals surface area (Å²) in [6.45, 7) is 6.76. The van der Waals surface area contributed by atoms with Gasteiger partial charge in [-0.2, -0.15) is 0 Å². The van der Waals surface area contributed by atoms with Gasteiger partial charge in [-0.25, -0.2) is 0 Å². The summed E-state index contributed by atoms with van der Waals surface area (Å²) >= 11 is 13.8. The van der Waals surface area contributed by atoms with Crippen LogP contribution in [0.25, 0.3) is 0 Å². The molecule has 1 aromatic heterocycles. The number of aryl methyl sites for hydroxylation is 1. The maximum Gasteiger partial charge on any atom is 0.191 e. The molecule has 3 rings (SSSR count). The number of hydrogen-bond donors (Lipinski definition) is 0. The molecule has 0 aliphatic rings. The molecule has 0 fully saturated rings. The van der Waals surface area contributed by atoms with Crippen molar-refractivity contribution < 1.29 is 4.74 Å². The van der Waals surface area contributed by atoms with E-state index < -0.39 is 0 Å². The summed E-state index contributed by atoms with van der Waals surface area (Å²) in [6, 6.07) is 11.8. The van der Waals surface area contributed by atoms with Crippen LogP contribution in [-0.4, -0.2) is 14.8 Å². The van der Waals surface area contributed by atoms with Gasteiger partial charge in [-0.3, -0.25) is 0 Å². The molecule has 3 aromatic rings. The lowest BCUT2D eigenvalue weighted by atomic mass is 10.0. The molecule has 0 radical (unpaired) electrons. The van der Waals surface area contributed by atoms with E-state index in [1.807, 2.05) is 23.7 Å². The van der Waals surface area contributed by atoms with Crippen molar-refractivity contribution in [2.45, 2.75) is 44.2 Å². The summed E-state index contributed by atoms with van der Waals surface area (Å²) in [7, 11) is 1.95. The van der Waals surface area contributed by atoms with Crippen molar-refractivity contribution in [1.82, 2.24) is 14.8 Å². The minimum absolute atomic E-state index is 0.370. The molecule has 148 valence electrons. The fraction of sp³-hybridized carbons (Fsp3) is 0.333. The van der Waals surface area contributed by atoms with E-state index in [1.165, 1.54) is 11.1 Å². The number of hydrogen-bond acceptors (Lipinski definition) is 4. The van der Waals surface area contributed by atoms with Crippen LogP contribution in [0.5, 0.6) is 5.75 Å². The monoisotopic (exact) mass is 435 g/mol. The van der Waals surface area contributed by atoms with E-state index >= 15 is 0 Å². The van der Waals surface area contributed by atoms with Gasteiger partial charge in [0.1, 0.15) is 12.4 Å². The van der Waals surface area contributed by atoms with Crippen LogP contribution >= 0.6 is 35.0 Å². The first-order valence-electron chi connectivity index (χ1n) is 9.03. The number of ether oxygens (including phenoxy) is 1. The zero-order valence-electron chi connectivity index (χ0n) is 16.4. The Morgan fingerprint density at radius 2 is 1.89 bits per heavy atom. The minimum Gasteiger partial charge on any atom is -0.485 e. The van der Waals surface area contributed by atoms with Gasteiger partial charge in [-0.15, -0.1) is 10.2 Å². The number of nitrogens with zero attached hydrogens (tertiary/aromatic N) is 3. The van der Waals surface area contributed by atoms with Crippen LogP contribution in [-0.2, 0) is 19.4 Å². The number of thioether (sulfide) groups is 1. The molecule has 2 aromatic carbocycles. The van der Waals surface area contributed by atoms with Crippen molar-refractivity contribution in [3.8, 4) is 5.75 Å². The number of halogens is 2. The average molecular weight is 436 g/mol. The van der Waals surface area contributed by atoms with Crippen LogP contribution in [0.2, 0.25) is 10.0 Å². The highest BCUT2D eigenvalue weighted by atomic mass is 35.5. The van der Waals surface area contributed by atoms with E-state index in [1.54, 1.807) is 17.8 Å². The fourth-order valence-corrected chi connectivity index (χ4v) is 4.25. The smallest absolute Gasteiger partial charge is 0.191 e. The van der Waals surface area contributed by atoms with E-state index in [9.17, 15) is 0 Å². The second-order valence-corrected chi connectivity index (χ2v) is 8.75. The van der Waals surface area contributed by atoms with Gasteiger partial charge >= 0.3 is 0 Å². The normalized spacial score (nSPS) is 11.2. The zero-order chi connectivity index (χ0) is 20.3. The molecule has 0 bridgehead atoms. The summed E-state index contributed by atoms with van der Waals surface area (Å²) in [5, 5.41) is 10.7. The fourth-order valence-electron chi connectivity index (χ4n) is 2.76. The van der Waals surface area contributed by atoms with Gasteiger partial charge in [-0.1, -0.05) is 67.0 Å². The third kappa shape index (κ3) is 5.02. The van der Waals surface area contributed by atoms with Gasteiger partial charge in [0.05, 0.1) is 0 Å². The molecule has 0 saturated carbocycles. The van der Waals surface area contributed by atoms with E-state index in [2.05, 4.69) is 49.2 Å². The Labute approximate surface area is 180 Å². The zero-order valence-corrected chi connectivity index (χ0v) is 18.7. The molecule has 0 atom stereocenters. The SMILES string of the molecule is Cc1ccc(C(C)C)c(OCc2nnc(SCc3ccc(Cl)cc3Cl)n2C)c1. The van der Waals surface area contributed by atoms with Crippen LogP contribution in [0, 0.1) is 6.92 Å². The molecule has 0 saturated heterocycles. The van der Waals surface area contributed by atoms with E-state index in [4.69, 9.17) is 27.9 Å². The Hall–Kier alpha value is -1.69. The van der Waals surface area contributed by atoms with E-state index in [0.29, 0.717) is 28.3 Å². The Morgan fingerprint density at radius 3 is 2.61 bits per heavy atom. The molecule has 4 nitrogen and oxygen atoms in total. The number of benzene rings is 2. The Balaban J connectivity index is 1.67. The second kappa shape index (κ2) is 9.21. The first-order valence-corrected chi connectivity index (χ1v) is 10.8. The Morgan fingerprint density at radius 1 is 1.11 bits per heavy atom. The largest absolute Gasteiger partial charge is 0.485 e. The van der Waals surface area contributed by atoms with Crippen molar-refractivity contribution in [2.24, 2.45) is 7.05 Å². The molecule has 7 heteroatoms. The molecular formula is C21H23Cl2N3OS. The van der Waals surface area contributed by atoms with Crippen LogP contribution in [0.1, 0.15) is 42.3 Å². The highest BCUT2D eigenvalue weighted by Crippen LogP contribution is 2.30. The lowest BCUT2D eigenvalue weighted by Gasteiger charge is -2.14. The van der Waals surface area contributed by atoms with Crippen molar-refractivity contribution >= 4 is 35.0 Å². The van der Waals surface area contributed by atoms with Gasteiger partial charge < -0.3 is 9.30 Å². The number of aromatic nitrogens is 3. The summed E-state index contributed by atoms with van der Waals surface area (Å²) in [4.78, 5) is 0. The molecule has 0 N–H and O–H groups in total. The van der Waals surface area contributed by atoms with E-state index in [0.717, 1.165) is 22.3 Å². The van der Waals surface area contributed by atoms with Crippen LogP contribution in [0.3, 0.4) is 0 Å². The third-order valence-electron chi connectivity index (χ3n) is 4.44. The van der Waals surface area contributed by atoms with Gasteiger partial charge in [-0.05, 0) is 47.7 Å². The molecule has 0 unspecified atom stereocenters. The predicted molar refractivity (Wildman–Crippen MR) is 117 cm³/mol. The van der Waals surface area contributed by atoms with Gasteiger partial charge in [0.2, 0.25) is 0 Å². The highest BCUT2D eigenvalue weighted by Gasteiger charge is 2.13. The Bertz CT molecular complexity index is 972. The molecule has 0 amide bonds. The van der Waals surface area contributed by atoms with E-state index in [-0.39, 0.29) is 0 Å². The predicted octanol–water partition coefficient (Wildman–Crippen LogP) is 6.43. The topological polar surface area (TPSA) is 39.9 Å². The quantitative estimate of drug-likeness (QED) is 0.401. The average Bonchev–Trinajstić information content (AvgIpc) is 2.99. The first kappa shape index (κ1) is 21.0. The first-order chi connectivity index (χ1) is 13.3. The molecule has 0 aliphatic heterocycles. The lowest BCUT2D eigenvalue weighted by Crippen LogP contribution is -2.06. The van der Waals surface area contributed by atoms with Crippen LogP contribution in [0.15, 0.2) is 41.6 Å². The summed E-state index contributed by atoms with van der Waals surface area (Å²) in [6.07, 6.45) is 0. The summed E-state index contributed by atoms with van der Waals surface area (Å²) in [5.74, 6) is 2.77. The van der Waals surface area contributed by atoms with Crippen molar-refractivity contribution in [3.05, 3.63) is 69.0 Å². The lowest BCUT2D eigenvalue weighted by molar-refractivity contribution is 0.286. The third-order valence-corrected chi connectivity index (χ3v) is 6.10. The second-order valence-electron chi connectivity index (χ2n) is 6.97. The Kier molecular flexibility index (Phi) is 6.91. The van der Waals surface area contributed by atoms with Crippen LogP contribution < -0.4 is 4.74 Å². The molecule has 0 spiro atoms. The minimum atomic E-state index is 0.370. The number of rotatable bonds is 7. The summed E-state index contributed by atoms with van der Waals surface area (Å²) in [5.41, 5.74) is 3.38. The maximum absolute atomic E-state index is 6.25. The van der Waals surface area contributed by atoms with Crippen LogP contribution in [0.4, 0.5) is 0 Å². The summed E-state index contributed by atoms with van der Waals surface area (Å²) < 4.78 is 8.04. The standard InChI is InChI=1S/C21H23Cl2N3OS/c1-13(2)17-8-5-14(3)9-19(17)27-11-20-24-25-21(26(20)4)28-12-15-6-7-16(22)10-18(15)23/h5-10,13H,11-12H2,1-4H3. The van der Waals surface area contributed by atoms with Crippen molar-refractivity contribution in [1.29, 1.82) is 0 Å². The van der Waals surface area contributed by atoms with Gasteiger partial charge in [0.15, 0.2) is 11.0 Å². The molecule has 0 aliphatic carbocycles. The maximum atomic E-state index is 6.25. The molecule has 1 heterocycles. The van der Waals surface area contributed by atoms with Crippen molar-refractivity contribution in [2.75, 3.05) is 0 Å².